The molecule has 0 saturated heterocycles. The highest BCUT2D eigenvalue weighted by Crippen LogP contribution is 2.26. The van der Waals surface area contributed by atoms with Gasteiger partial charge in [-0.25, -0.2) is 0 Å². The molecule has 0 atom stereocenters. The number of rotatable bonds is 4. The van der Waals surface area contributed by atoms with Gasteiger partial charge in [-0.2, -0.15) is 5.26 Å². The molecule has 0 aliphatic rings. The largest absolute Gasteiger partial charge is 0.351 e. The number of nitrogens with zero attached hydrogens (tertiary/aromatic N) is 1. The molecule has 0 fully saturated rings. The van der Waals surface area contributed by atoms with Gasteiger partial charge in [-0.3, -0.25) is 4.79 Å². The summed E-state index contributed by atoms with van der Waals surface area (Å²) in [6.45, 7) is 4.45. The molecule has 19 heavy (non-hydrogen) atoms. The fourth-order valence-electron chi connectivity index (χ4n) is 1.84. The van der Waals surface area contributed by atoms with Crippen LogP contribution in [0, 0.1) is 16.7 Å². The lowest BCUT2D eigenvalue weighted by atomic mass is 9.90. The monoisotopic (exact) mass is 272 g/mol. The number of hydrogen-bond donors (Lipinski definition) is 1. The van der Waals surface area contributed by atoms with Crippen LogP contribution in [0.3, 0.4) is 0 Å². The number of benzene rings is 1. The molecule has 0 radical (unpaired) electrons. The number of thiophene rings is 1. The van der Waals surface area contributed by atoms with E-state index in [1.807, 2.05) is 43.5 Å². The molecule has 0 spiro atoms. The highest BCUT2D eigenvalue weighted by molar-refractivity contribution is 7.17. The maximum absolute atomic E-state index is 12.2. The average molecular weight is 272 g/mol. The summed E-state index contributed by atoms with van der Waals surface area (Å²) in [5, 5.41) is 14.5. The lowest BCUT2D eigenvalue weighted by Crippen LogP contribution is -2.33. The summed E-state index contributed by atoms with van der Waals surface area (Å²) in [6, 6.07) is 10.0. The van der Waals surface area contributed by atoms with E-state index in [4.69, 9.17) is 5.26 Å². The minimum absolute atomic E-state index is 0.0662. The van der Waals surface area contributed by atoms with Gasteiger partial charge in [-0.15, -0.1) is 11.3 Å². The zero-order valence-electron chi connectivity index (χ0n) is 11.1. The minimum Gasteiger partial charge on any atom is -0.351 e. The first-order valence-electron chi connectivity index (χ1n) is 6.15. The van der Waals surface area contributed by atoms with Crippen molar-refractivity contribution in [2.75, 3.05) is 6.54 Å². The molecule has 0 bridgehead atoms. The van der Waals surface area contributed by atoms with Crippen molar-refractivity contribution < 1.29 is 4.79 Å². The van der Waals surface area contributed by atoms with Crippen molar-refractivity contribution in [2.24, 2.45) is 5.41 Å². The van der Waals surface area contributed by atoms with Crippen LogP contribution < -0.4 is 5.32 Å². The Morgan fingerprint density at radius 1 is 1.42 bits per heavy atom. The van der Waals surface area contributed by atoms with Gasteiger partial charge < -0.3 is 5.32 Å². The third kappa shape index (κ3) is 3.12. The van der Waals surface area contributed by atoms with Crippen LogP contribution in [-0.2, 0) is 0 Å². The van der Waals surface area contributed by atoms with E-state index in [9.17, 15) is 4.79 Å². The summed E-state index contributed by atoms with van der Waals surface area (Å²) < 4.78 is 1.11. The normalized spacial score (nSPS) is 11.2. The Labute approximate surface area is 116 Å². The molecule has 1 amide bonds. The first-order chi connectivity index (χ1) is 9.03. The van der Waals surface area contributed by atoms with Gasteiger partial charge in [0.1, 0.15) is 0 Å². The van der Waals surface area contributed by atoms with E-state index in [1.54, 1.807) is 11.3 Å². The number of hydrogen-bond acceptors (Lipinski definition) is 3. The lowest BCUT2D eigenvalue weighted by Gasteiger charge is -2.21. The fraction of sp³-hybridized carbons (Fsp3) is 0.333. The molecule has 0 saturated carbocycles. The van der Waals surface area contributed by atoms with Gasteiger partial charge in [0.05, 0.1) is 11.6 Å². The summed E-state index contributed by atoms with van der Waals surface area (Å²) in [5.74, 6) is -0.0662. The Bertz CT molecular complexity index is 637. The molecule has 98 valence electrons. The molecule has 1 N–H and O–H groups in total. The van der Waals surface area contributed by atoms with Gasteiger partial charge >= 0.3 is 0 Å². The molecule has 3 nitrogen and oxygen atoms in total. The second-order valence-corrected chi connectivity index (χ2v) is 6.24. The summed E-state index contributed by atoms with van der Waals surface area (Å²) in [6.07, 6.45) is 0.428. The van der Waals surface area contributed by atoms with Gasteiger partial charge in [0.15, 0.2) is 0 Å². The van der Waals surface area contributed by atoms with Crippen LogP contribution in [0.2, 0.25) is 0 Å². The third-order valence-corrected chi connectivity index (χ3v) is 3.97. The molecule has 1 aromatic heterocycles. The minimum atomic E-state index is -0.198. The maximum atomic E-state index is 12.2. The van der Waals surface area contributed by atoms with Gasteiger partial charge in [0.2, 0.25) is 0 Å². The molecule has 1 heterocycles. The second kappa shape index (κ2) is 5.41. The molecule has 0 unspecified atom stereocenters. The Balaban J connectivity index is 2.11. The fourth-order valence-corrected chi connectivity index (χ4v) is 2.79. The summed E-state index contributed by atoms with van der Waals surface area (Å²) in [4.78, 5) is 12.2. The van der Waals surface area contributed by atoms with Gasteiger partial charge in [-0.1, -0.05) is 32.0 Å². The summed E-state index contributed by atoms with van der Waals surface area (Å²) >= 11 is 1.57. The van der Waals surface area contributed by atoms with Crippen molar-refractivity contribution in [3.63, 3.8) is 0 Å². The topological polar surface area (TPSA) is 52.9 Å². The molecule has 2 aromatic rings. The predicted octanol–water partition coefficient (Wildman–Crippen LogP) is 3.57. The van der Waals surface area contributed by atoms with E-state index in [0.29, 0.717) is 18.5 Å². The molecule has 0 aliphatic heterocycles. The standard InChI is InChI=1S/C15H16N2OS/c1-15(2,7-8-16)10-17-14(18)12-9-19-13-6-4-3-5-11(12)13/h3-6,9H,7,10H2,1-2H3,(H,17,18). The van der Waals surface area contributed by atoms with Crippen LogP contribution in [0.25, 0.3) is 10.1 Å². The van der Waals surface area contributed by atoms with Crippen LogP contribution in [0.15, 0.2) is 29.6 Å². The van der Waals surface area contributed by atoms with Crippen molar-refractivity contribution in [2.45, 2.75) is 20.3 Å². The molecular formula is C15H16N2OS. The quantitative estimate of drug-likeness (QED) is 0.925. The number of nitrogens with one attached hydrogen (secondary N) is 1. The predicted molar refractivity (Wildman–Crippen MR) is 78.2 cm³/mol. The zero-order valence-corrected chi connectivity index (χ0v) is 11.9. The number of carbonyl (C=O) groups is 1. The van der Waals surface area contributed by atoms with E-state index >= 15 is 0 Å². The van der Waals surface area contributed by atoms with Crippen molar-refractivity contribution in [3.8, 4) is 6.07 Å². The first kappa shape index (κ1) is 13.6. The lowest BCUT2D eigenvalue weighted by molar-refractivity contribution is 0.0939. The van der Waals surface area contributed by atoms with Crippen LogP contribution in [0.1, 0.15) is 30.6 Å². The van der Waals surface area contributed by atoms with Gasteiger partial charge in [-0.05, 0) is 11.5 Å². The van der Waals surface area contributed by atoms with E-state index < -0.39 is 0 Å². The highest BCUT2D eigenvalue weighted by Gasteiger charge is 2.20. The van der Waals surface area contributed by atoms with Gasteiger partial charge in [0, 0.05) is 28.4 Å². The van der Waals surface area contributed by atoms with E-state index in [1.165, 1.54) is 0 Å². The Morgan fingerprint density at radius 2 is 2.16 bits per heavy atom. The van der Waals surface area contributed by atoms with Crippen molar-refractivity contribution in [1.29, 1.82) is 5.26 Å². The second-order valence-electron chi connectivity index (χ2n) is 5.33. The van der Waals surface area contributed by atoms with Crippen LogP contribution in [0.4, 0.5) is 0 Å². The number of amides is 1. The SMILES string of the molecule is CC(C)(CC#N)CNC(=O)c1csc2ccccc12. The first-order valence-corrected chi connectivity index (χ1v) is 7.03. The highest BCUT2D eigenvalue weighted by atomic mass is 32.1. The number of nitriles is 1. The van der Waals surface area contributed by atoms with Crippen molar-refractivity contribution in [3.05, 3.63) is 35.2 Å². The molecule has 4 heteroatoms. The van der Waals surface area contributed by atoms with Crippen molar-refractivity contribution in [1.82, 2.24) is 5.32 Å². The number of fused-ring (bicyclic) bond motifs is 1. The maximum Gasteiger partial charge on any atom is 0.252 e. The Morgan fingerprint density at radius 3 is 2.89 bits per heavy atom. The Hall–Kier alpha value is -1.86. The van der Waals surface area contributed by atoms with E-state index in [2.05, 4.69) is 11.4 Å². The van der Waals surface area contributed by atoms with Crippen LogP contribution in [0.5, 0.6) is 0 Å². The smallest absolute Gasteiger partial charge is 0.252 e. The molecule has 2 rings (SSSR count). The van der Waals surface area contributed by atoms with Gasteiger partial charge in [0.25, 0.3) is 5.91 Å². The Kier molecular flexibility index (Phi) is 3.87. The van der Waals surface area contributed by atoms with Crippen molar-refractivity contribution >= 4 is 27.3 Å². The van der Waals surface area contributed by atoms with Crippen LogP contribution in [-0.4, -0.2) is 12.5 Å². The summed E-state index contributed by atoms with van der Waals surface area (Å²) in [5.41, 5.74) is 0.518. The average Bonchev–Trinajstić information content (AvgIpc) is 2.80. The van der Waals surface area contributed by atoms with E-state index in [-0.39, 0.29) is 11.3 Å². The number of carbonyl (C=O) groups excluding carboxylic acids is 1. The molecule has 0 aliphatic carbocycles. The van der Waals surface area contributed by atoms with Crippen LogP contribution >= 0.6 is 11.3 Å². The molecular weight excluding hydrogens is 256 g/mol. The summed E-state index contributed by atoms with van der Waals surface area (Å²) in [7, 11) is 0. The zero-order chi connectivity index (χ0) is 13.9. The van der Waals surface area contributed by atoms with E-state index in [0.717, 1.165) is 10.1 Å². The third-order valence-electron chi connectivity index (χ3n) is 3.01. The molecule has 1 aromatic carbocycles.